The van der Waals surface area contributed by atoms with Gasteiger partial charge in [-0.05, 0) is 34.2 Å². The lowest BCUT2D eigenvalue weighted by atomic mass is 9.54. The minimum atomic E-state index is -0.188. The van der Waals surface area contributed by atoms with Crippen molar-refractivity contribution in [3.8, 4) is 0 Å². The molecule has 0 heterocycles. The topological polar surface area (TPSA) is 40.1 Å². The van der Waals surface area contributed by atoms with Crippen molar-refractivity contribution in [2.24, 2.45) is 11.8 Å². The van der Waals surface area contributed by atoms with Crippen molar-refractivity contribution in [3.05, 3.63) is 82.6 Å². The van der Waals surface area contributed by atoms with E-state index in [1.165, 1.54) is 28.3 Å². The molecule has 4 aliphatic rings. The van der Waals surface area contributed by atoms with E-state index in [-0.39, 0.29) is 35.2 Å². The molecule has 0 N–H and O–H groups in total. The van der Waals surface area contributed by atoms with Gasteiger partial charge in [0, 0.05) is 17.8 Å². The number of allylic oxidation sites excluding steroid dienone is 2. The Morgan fingerprint density at radius 2 is 1.14 bits per heavy atom. The van der Waals surface area contributed by atoms with Gasteiger partial charge in [0.2, 0.25) is 0 Å². The Labute approximate surface area is 122 Å². The van der Waals surface area contributed by atoms with E-state index in [1.54, 1.807) is 0 Å². The quantitative estimate of drug-likeness (QED) is 0.739. The molecule has 6 rings (SSSR count). The van der Waals surface area contributed by atoms with Gasteiger partial charge in [0.05, 0.1) is 0 Å². The van der Waals surface area contributed by atoms with Gasteiger partial charge in [-0.1, -0.05) is 48.5 Å². The van der Waals surface area contributed by atoms with Gasteiger partial charge in [0.25, 0.3) is 0 Å². The standard InChI is InChI=1S/C19H14O2/c20-14-9-15(21)19-17-11-6-2-1-5-10(11)16(18(14)19)12-7-3-4-8-13(12)17/h1-9,16-20H/p-1. The molecule has 2 aromatic rings. The molecule has 0 amide bonds. The number of benzene rings is 2. The molecule has 102 valence electrons. The minimum Gasteiger partial charge on any atom is -0.875 e. The highest BCUT2D eigenvalue weighted by Gasteiger charge is 2.53. The fraction of sp³-hybridized carbons (Fsp3) is 0.211. The zero-order chi connectivity index (χ0) is 14.1. The number of carbonyl (C=O) groups excluding carboxylic acids is 1. The number of carbonyl (C=O) groups is 1. The van der Waals surface area contributed by atoms with Gasteiger partial charge in [-0.3, -0.25) is 4.79 Å². The van der Waals surface area contributed by atoms with E-state index in [4.69, 9.17) is 0 Å². The Kier molecular flexibility index (Phi) is 1.96. The van der Waals surface area contributed by atoms with Crippen LogP contribution < -0.4 is 5.11 Å². The van der Waals surface area contributed by atoms with Gasteiger partial charge in [-0.25, -0.2) is 0 Å². The molecule has 0 radical (unpaired) electrons. The van der Waals surface area contributed by atoms with Gasteiger partial charge >= 0.3 is 0 Å². The van der Waals surface area contributed by atoms with Crippen molar-refractivity contribution < 1.29 is 9.90 Å². The van der Waals surface area contributed by atoms with Crippen LogP contribution in [0.2, 0.25) is 0 Å². The highest BCUT2D eigenvalue weighted by molar-refractivity contribution is 5.97. The summed E-state index contributed by atoms with van der Waals surface area (Å²) < 4.78 is 0. The largest absolute Gasteiger partial charge is 0.875 e. The predicted molar refractivity (Wildman–Crippen MR) is 76.6 cm³/mol. The Hall–Kier alpha value is -2.35. The van der Waals surface area contributed by atoms with Gasteiger partial charge in [-0.2, -0.15) is 0 Å². The molecule has 0 aromatic heterocycles. The molecule has 2 aromatic carbocycles. The van der Waals surface area contributed by atoms with Gasteiger partial charge in [0.15, 0.2) is 5.78 Å². The lowest BCUT2D eigenvalue weighted by Gasteiger charge is -2.49. The van der Waals surface area contributed by atoms with Crippen molar-refractivity contribution in [3.63, 3.8) is 0 Å². The fourth-order valence-corrected chi connectivity index (χ4v) is 4.69. The molecule has 2 unspecified atom stereocenters. The summed E-state index contributed by atoms with van der Waals surface area (Å²) in [5.74, 6) is -0.252. The van der Waals surface area contributed by atoms with Crippen LogP contribution in [0.4, 0.5) is 0 Å². The summed E-state index contributed by atoms with van der Waals surface area (Å²) >= 11 is 0. The molecule has 21 heavy (non-hydrogen) atoms. The zero-order valence-electron chi connectivity index (χ0n) is 11.3. The molecule has 0 spiro atoms. The second-order valence-corrected chi connectivity index (χ2v) is 6.21. The first kappa shape index (κ1) is 11.3. The second kappa shape index (κ2) is 3.64. The molecule has 0 saturated carbocycles. The van der Waals surface area contributed by atoms with Crippen LogP contribution in [0, 0.1) is 11.8 Å². The van der Waals surface area contributed by atoms with Crippen LogP contribution in [-0.4, -0.2) is 5.78 Å². The molecule has 4 aliphatic carbocycles. The molecule has 2 nitrogen and oxygen atoms in total. The summed E-state index contributed by atoms with van der Waals surface area (Å²) in [5, 5.41) is 12.4. The molecular formula is C19H13O2-. The van der Waals surface area contributed by atoms with Crippen LogP contribution in [0.1, 0.15) is 34.1 Å². The monoisotopic (exact) mass is 273 g/mol. The highest BCUT2D eigenvalue weighted by atomic mass is 16.3. The Morgan fingerprint density at radius 1 is 0.714 bits per heavy atom. The lowest BCUT2D eigenvalue weighted by Crippen LogP contribution is -2.42. The maximum Gasteiger partial charge on any atom is 0.159 e. The van der Waals surface area contributed by atoms with E-state index >= 15 is 0 Å². The Morgan fingerprint density at radius 3 is 1.62 bits per heavy atom. The molecule has 2 atom stereocenters. The molecular weight excluding hydrogens is 260 g/mol. The van der Waals surface area contributed by atoms with Crippen molar-refractivity contribution in [2.45, 2.75) is 11.8 Å². The fourth-order valence-electron chi connectivity index (χ4n) is 4.69. The maximum absolute atomic E-state index is 12.4. The maximum atomic E-state index is 12.4. The van der Waals surface area contributed by atoms with Crippen LogP contribution in [0.25, 0.3) is 0 Å². The van der Waals surface area contributed by atoms with Gasteiger partial charge in [0.1, 0.15) is 0 Å². The van der Waals surface area contributed by atoms with E-state index < -0.39 is 0 Å². The third-order valence-corrected chi connectivity index (χ3v) is 5.38. The van der Waals surface area contributed by atoms with E-state index in [0.717, 1.165) is 0 Å². The predicted octanol–water partition coefficient (Wildman–Crippen LogP) is 2.34. The molecule has 0 saturated heterocycles. The normalized spacial score (nSPS) is 31.4. The van der Waals surface area contributed by atoms with Crippen molar-refractivity contribution in [1.82, 2.24) is 0 Å². The molecule has 2 bridgehead atoms. The number of hydrogen-bond acceptors (Lipinski definition) is 2. The van der Waals surface area contributed by atoms with Gasteiger partial charge in [-0.15, -0.1) is 5.76 Å². The van der Waals surface area contributed by atoms with Gasteiger partial charge < -0.3 is 5.11 Å². The smallest absolute Gasteiger partial charge is 0.159 e. The summed E-state index contributed by atoms with van der Waals surface area (Å²) in [7, 11) is 0. The van der Waals surface area contributed by atoms with E-state index in [9.17, 15) is 9.90 Å². The van der Waals surface area contributed by atoms with Crippen LogP contribution in [0.5, 0.6) is 0 Å². The second-order valence-electron chi connectivity index (χ2n) is 6.21. The Balaban J connectivity index is 1.87. The van der Waals surface area contributed by atoms with Crippen LogP contribution in [0.15, 0.2) is 60.4 Å². The minimum absolute atomic E-state index is 0.0176. The van der Waals surface area contributed by atoms with Crippen molar-refractivity contribution in [1.29, 1.82) is 0 Å². The lowest BCUT2D eigenvalue weighted by molar-refractivity contribution is -0.316. The average Bonchev–Trinajstić information content (AvgIpc) is 2.83. The first-order chi connectivity index (χ1) is 10.3. The van der Waals surface area contributed by atoms with Crippen molar-refractivity contribution >= 4 is 5.78 Å². The number of ketones is 1. The van der Waals surface area contributed by atoms with Crippen LogP contribution >= 0.6 is 0 Å². The summed E-state index contributed by atoms with van der Waals surface area (Å²) in [6.07, 6.45) is 1.34. The van der Waals surface area contributed by atoms with Crippen LogP contribution in [0.3, 0.4) is 0 Å². The van der Waals surface area contributed by atoms with Crippen molar-refractivity contribution in [2.75, 3.05) is 0 Å². The number of hydrogen-bond donors (Lipinski definition) is 0. The first-order valence-electron chi connectivity index (χ1n) is 7.37. The third-order valence-electron chi connectivity index (χ3n) is 5.38. The van der Waals surface area contributed by atoms with Crippen LogP contribution in [-0.2, 0) is 4.79 Å². The zero-order valence-corrected chi connectivity index (χ0v) is 11.3. The molecule has 0 fully saturated rings. The first-order valence-corrected chi connectivity index (χ1v) is 7.37. The summed E-state index contributed by atoms with van der Waals surface area (Å²) in [5.41, 5.74) is 4.94. The summed E-state index contributed by atoms with van der Waals surface area (Å²) in [6.45, 7) is 0. The van der Waals surface area contributed by atoms with E-state index in [0.29, 0.717) is 0 Å². The SMILES string of the molecule is O=C1C=C([O-])C2C3c4ccccc4C(c4ccccc43)C12. The Bertz CT molecular complexity index is 770. The highest BCUT2D eigenvalue weighted by Crippen LogP contribution is 2.61. The summed E-state index contributed by atoms with van der Waals surface area (Å²) in [6, 6.07) is 16.6. The number of rotatable bonds is 0. The average molecular weight is 273 g/mol. The van der Waals surface area contributed by atoms with E-state index in [2.05, 4.69) is 24.3 Å². The summed E-state index contributed by atoms with van der Waals surface area (Å²) in [4.78, 5) is 12.4. The molecule has 2 heteroatoms. The third kappa shape index (κ3) is 1.21. The van der Waals surface area contributed by atoms with E-state index in [1.807, 2.05) is 24.3 Å². The molecule has 0 aliphatic heterocycles.